The van der Waals surface area contributed by atoms with Crippen molar-refractivity contribution in [3.8, 4) is 11.8 Å². The quantitative estimate of drug-likeness (QED) is 0.481. The Morgan fingerprint density at radius 2 is 2.31 bits per heavy atom. The largest absolute Gasteiger partial charge is 0.509 e. The highest BCUT2D eigenvalue weighted by Crippen LogP contribution is 2.35. The van der Waals surface area contributed by atoms with E-state index in [1.54, 1.807) is 0 Å². The third kappa shape index (κ3) is 2.36. The molecule has 0 radical (unpaired) electrons. The average Bonchev–Trinajstić information content (AvgIpc) is 2.09. The van der Waals surface area contributed by atoms with Crippen LogP contribution in [0.15, 0.2) is 0 Å². The molecule has 1 aliphatic rings. The van der Waals surface area contributed by atoms with Gasteiger partial charge >= 0.3 is 6.16 Å². The molecule has 0 spiro atoms. The van der Waals surface area contributed by atoms with E-state index in [0.717, 1.165) is 19.3 Å². The molecule has 0 heterocycles. The van der Waals surface area contributed by atoms with Gasteiger partial charge in [-0.2, -0.15) is 0 Å². The third-order valence-electron chi connectivity index (χ3n) is 2.00. The average molecular weight is 184 g/mol. The second-order valence-electron chi connectivity index (χ2n) is 2.86. The molecule has 0 saturated heterocycles. The molecule has 0 aromatic carbocycles. The molecule has 13 heavy (non-hydrogen) atoms. The summed E-state index contributed by atoms with van der Waals surface area (Å²) in [4.78, 5) is 10.8. The van der Waals surface area contributed by atoms with E-state index in [9.17, 15) is 4.79 Å². The fourth-order valence-electron chi connectivity index (χ4n) is 1.15. The third-order valence-corrected chi connectivity index (χ3v) is 2.00. The number of aliphatic hydroxyl groups excluding tert-OH is 1. The lowest BCUT2D eigenvalue weighted by Gasteiger charge is -2.35. The standard InChI is InChI=1S/C9H12O4/c1-12-8(11)13-9(4-2-5-9)6-3-7-10/h10H,2,4-5,7H2,1H3. The number of methoxy groups -OCH3 is 1. The van der Waals surface area contributed by atoms with Crippen LogP contribution in [0.5, 0.6) is 0 Å². The molecule has 4 nitrogen and oxygen atoms in total. The summed E-state index contributed by atoms with van der Waals surface area (Å²) in [6, 6.07) is 0. The molecule has 0 aromatic heterocycles. The number of carbonyl (C=O) groups is 1. The Bertz CT molecular complexity index is 244. The molecule has 1 saturated carbocycles. The molecule has 0 amide bonds. The van der Waals surface area contributed by atoms with Gasteiger partial charge < -0.3 is 14.6 Å². The minimum atomic E-state index is -0.716. The maximum atomic E-state index is 10.8. The molecule has 0 aromatic rings. The second kappa shape index (κ2) is 4.15. The first-order valence-corrected chi connectivity index (χ1v) is 4.10. The fourth-order valence-corrected chi connectivity index (χ4v) is 1.15. The van der Waals surface area contributed by atoms with Crippen LogP contribution in [0.4, 0.5) is 4.79 Å². The van der Waals surface area contributed by atoms with Crippen molar-refractivity contribution in [2.45, 2.75) is 24.9 Å². The fraction of sp³-hybridized carbons (Fsp3) is 0.667. The molecule has 0 bridgehead atoms. The van der Waals surface area contributed by atoms with Gasteiger partial charge in [-0.25, -0.2) is 4.79 Å². The van der Waals surface area contributed by atoms with E-state index in [0.29, 0.717) is 0 Å². The van der Waals surface area contributed by atoms with Crippen LogP contribution in [-0.4, -0.2) is 30.6 Å². The van der Waals surface area contributed by atoms with E-state index in [2.05, 4.69) is 16.6 Å². The number of rotatable bonds is 1. The number of carbonyl (C=O) groups excluding carboxylic acids is 1. The Hall–Kier alpha value is -1.21. The topological polar surface area (TPSA) is 55.8 Å². The zero-order valence-corrected chi connectivity index (χ0v) is 7.50. The minimum absolute atomic E-state index is 0.216. The molecule has 1 aliphatic carbocycles. The first-order chi connectivity index (χ1) is 6.22. The van der Waals surface area contributed by atoms with Crippen LogP contribution in [0.3, 0.4) is 0 Å². The van der Waals surface area contributed by atoms with E-state index in [1.165, 1.54) is 7.11 Å². The van der Waals surface area contributed by atoms with Gasteiger partial charge in [-0.05, 0) is 19.3 Å². The zero-order chi connectivity index (χ0) is 9.73. The molecular formula is C9H12O4. The van der Waals surface area contributed by atoms with Crippen molar-refractivity contribution in [3.63, 3.8) is 0 Å². The minimum Gasteiger partial charge on any atom is -0.438 e. The molecule has 72 valence electrons. The summed E-state index contributed by atoms with van der Waals surface area (Å²) < 4.78 is 9.35. The lowest BCUT2D eigenvalue weighted by molar-refractivity contribution is -0.0357. The van der Waals surface area contributed by atoms with Crippen molar-refractivity contribution in [1.29, 1.82) is 0 Å². The highest BCUT2D eigenvalue weighted by Gasteiger charge is 2.39. The Balaban J connectivity index is 2.54. The van der Waals surface area contributed by atoms with E-state index in [-0.39, 0.29) is 6.61 Å². The van der Waals surface area contributed by atoms with Crippen molar-refractivity contribution in [2.24, 2.45) is 0 Å². The van der Waals surface area contributed by atoms with Crippen LogP contribution in [0.2, 0.25) is 0 Å². The van der Waals surface area contributed by atoms with Gasteiger partial charge in [0.25, 0.3) is 0 Å². The van der Waals surface area contributed by atoms with Crippen molar-refractivity contribution >= 4 is 6.16 Å². The van der Waals surface area contributed by atoms with Crippen LogP contribution >= 0.6 is 0 Å². The van der Waals surface area contributed by atoms with Gasteiger partial charge in [-0.15, -0.1) is 0 Å². The predicted octanol–water partition coefficient (Wildman–Crippen LogP) is 0.688. The molecule has 1 N–H and O–H groups in total. The Kier molecular flexibility index (Phi) is 3.15. The van der Waals surface area contributed by atoms with Gasteiger partial charge in [0, 0.05) is 0 Å². The van der Waals surface area contributed by atoms with E-state index in [1.807, 2.05) is 0 Å². The van der Waals surface area contributed by atoms with Crippen molar-refractivity contribution in [3.05, 3.63) is 0 Å². The molecule has 1 fully saturated rings. The Morgan fingerprint density at radius 3 is 2.69 bits per heavy atom. The van der Waals surface area contributed by atoms with Crippen LogP contribution in [0.25, 0.3) is 0 Å². The first-order valence-electron chi connectivity index (χ1n) is 4.10. The summed E-state index contributed by atoms with van der Waals surface area (Å²) >= 11 is 0. The maximum Gasteiger partial charge on any atom is 0.509 e. The van der Waals surface area contributed by atoms with Crippen LogP contribution in [0.1, 0.15) is 19.3 Å². The van der Waals surface area contributed by atoms with E-state index in [4.69, 9.17) is 9.84 Å². The van der Waals surface area contributed by atoms with Crippen LogP contribution < -0.4 is 0 Å². The van der Waals surface area contributed by atoms with Gasteiger partial charge in [-0.1, -0.05) is 11.8 Å². The summed E-state index contributed by atoms with van der Waals surface area (Å²) in [5, 5.41) is 8.50. The highest BCUT2D eigenvalue weighted by molar-refractivity contribution is 5.61. The summed E-state index contributed by atoms with van der Waals surface area (Å²) in [6.07, 6.45) is 1.70. The molecular weight excluding hydrogens is 172 g/mol. The SMILES string of the molecule is COC(=O)OC1(C#CCO)CCC1. The maximum absolute atomic E-state index is 10.8. The highest BCUT2D eigenvalue weighted by atomic mass is 16.7. The number of ether oxygens (including phenoxy) is 2. The smallest absolute Gasteiger partial charge is 0.438 e. The zero-order valence-electron chi connectivity index (χ0n) is 7.50. The second-order valence-corrected chi connectivity index (χ2v) is 2.86. The van der Waals surface area contributed by atoms with E-state index < -0.39 is 11.8 Å². The monoisotopic (exact) mass is 184 g/mol. The predicted molar refractivity (Wildman–Crippen MR) is 44.9 cm³/mol. The summed E-state index contributed by atoms with van der Waals surface area (Å²) in [7, 11) is 1.26. The van der Waals surface area contributed by atoms with Gasteiger partial charge in [0.1, 0.15) is 6.61 Å². The summed E-state index contributed by atoms with van der Waals surface area (Å²) in [5.74, 6) is 5.22. The molecule has 0 atom stereocenters. The molecule has 4 heteroatoms. The van der Waals surface area contributed by atoms with E-state index >= 15 is 0 Å². The van der Waals surface area contributed by atoms with Crippen molar-refractivity contribution in [2.75, 3.05) is 13.7 Å². The van der Waals surface area contributed by atoms with Gasteiger partial charge in [0.2, 0.25) is 0 Å². The normalized spacial score (nSPS) is 17.7. The number of hydrogen-bond acceptors (Lipinski definition) is 4. The van der Waals surface area contributed by atoms with Gasteiger partial charge in [0.05, 0.1) is 7.11 Å². The summed E-state index contributed by atoms with van der Waals surface area (Å²) in [6.45, 7) is -0.216. The lowest BCUT2D eigenvalue weighted by Crippen LogP contribution is -2.40. The molecule has 0 aliphatic heterocycles. The summed E-state index contributed by atoms with van der Waals surface area (Å²) in [5.41, 5.74) is -0.699. The van der Waals surface area contributed by atoms with Gasteiger partial charge in [0.15, 0.2) is 5.60 Å². The van der Waals surface area contributed by atoms with Gasteiger partial charge in [-0.3, -0.25) is 0 Å². The number of aliphatic hydroxyl groups is 1. The lowest BCUT2D eigenvalue weighted by atomic mass is 9.80. The van der Waals surface area contributed by atoms with Crippen molar-refractivity contribution < 1.29 is 19.4 Å². The van der Waals surface area contributed by atoms with Crippen molar-refractivity contribution in [1.82, 2.24) is 0 Å². The Labute approximate surface area is 76.8 Å². The number of hydrogen-bond donors (Lipinski definition) is 1. The molecule has 1 rings (SSSR count). The Morgan fingerprint density at radius 1 is 1.62 bits per heavy atom. The van der Waals surface area contributed by atoms with Crippen LogP contribution in [0, 0.1) is 11.8 Å². The molecule has 0 unspecified atom stereocenters. The first kappa shape index (κ1) is 9.87. The van der Waals surface area contributed by atoms with Crippen LogP contribution in [-0.2, 0) is 9.47 Å².